The molecule has 1 aromatic carbocycles. The number of methoxy groups -OCH3 is 1. The standard InChI is InChI=1S/C16H23O3/c1-4-18-12(2)13-9-10-15(17-3)16(11-13)19-14-7-5-6-8-14/h9-12,14H,2,4-8H2,1,3H3. The highest BCUT2D eigenvalue weighted by Crippen LogP contribution is 2.34. The van der Waals surface area contributed by atoms with Crippen molar-refractivity contribution in [2.75, 3.05) is 13.7 Å². The first kappa shape index (κ1) is 14.2. The van der Waals surface area contributed by atoms with Crippen LogP contribution >= 0.6 is 0 Å². The highest BCUT2D eigenvalue weighted by Gasteiger charge is 2.19. The maximum absolute atomic E-state index is 6.06. The Morgan fingerprint density at radius 3 is 2.63 bits per heavy atom. The van der Waals surface area contributed by atoms with E-state index in [1.807, 2.05) is 25.1 Å². The van der Waals surface area contributed by atoms with Crippen molar-refractivity contribution in [3.63, 3.8) is 0 Å². The molecule has 0 heterocycles. The van der Waals surface area contributed by atoms with Gasteiger partial charge in [0.2, 0.25) is 0 Å². The summed E-state index contributed by atoms with van der Waals surface area (Å²) in [5, 5.41) is 0. The number of ether oxygens (including phenoxy) is 3. The lowest BCUT2D eigenvalue weighted by Crippen LogP contribution is -2.12. The Labute approximate surface area is 115 Å². The number of hydrogen-bond acceptors (Lipinski definition) is 3. The minimum absolute atomic E-state index is 0.165. The van der Waals surface area contributed by atoms with Crippen LogP contribution in [0.25, 0.3) is 0 Å². The fourth-order valence-corrected chi connectivity index (χ4v) is 2.47. The number of hydrogen-bond donors (Lipinski definition) is 0. The van der Waals surface area contributed by atoms with Gasteiger partial charge >= 0.3 is 0 Å². The Kier molecular flexibility index (Phi) is 5.08. The van der Waals surface area contributed by atoms with Crippen molar-refractivity contribution in [3.05, 3.63) is 30.7 Å². The largest absolute Gasteiger partial charge is 0.493 e. The van der Waals surface area contributed by atoms with Crippen LogP contribution in [0.15, 0.2) is 18.2 Å². The second-order valence-corrected chi connectivity index (χ2v) is 4.88. The SMILES string of the molecule is [CH2]C(OCC)c1ccc(OC)c(OC2CCCC2)c1. The lowest BCUT2D eigenvalue weighted by molar-refractivity contribution is 0.0943. The first-order valence-electron chi connectivity index (χ1n) is 7.04. The lowest BCUT2D eigenvalue weighted by Gasteiger charge is -2.18. The summed E-state index contributed by atoms with van der Waals surface area (Å²) in [6.45, 7) is 6.63. The predicted octanol–water partition coefficient (Wildman–Crippen LogP) is 3.93. The van der Waals surface area contributed by atoms with E-state index in [-0.39, 0.29) is 6.10 Å². The molecule has 3 nitrogen and oxygen atoms in total. The third kappa shape index (κ3) is 3.63. The van der Waals surface area contributed by atoms with Gasteiger partial charge in [-0.2, -0.15) is 0 Å². The molecule has 0 bridgehead atoms. The fourth-order valence-electron chi connectivity index (χ4n) is 2.47. The summed E-state index contributed by atoms with van der Waals surface area (Å²) in [6.07, 6.45) is 4.92. The Balaban J connectivity index is 2.15. The topological polar surface area (TPSA) is 27.7 Å². The van der Waals surface area contributed by atoms with E-state index in [9.17, 15) is 0 Å². The third-order valence-corrected chi connectivity index (χ3v) is 3.52. The maximum Gasteiger partial charge on any atom is 0.161 e. The van der Waals surface area contributed by atoms with Crippen LogP contribution in [-0.2, 0) is 4.74 Å². The summed E-state index contributed by atoms with van der Waals surface area (Å²) >= 11 is 0. The molecule has 0 amide bonds. The van der Waals surface area contributed by atoms with E-state index in [4.69, 9.17) is 14.2 Å². The molecular weight excluding hydrogens is 240 g/mol. The molecule has 1 unspecified atom stereocenters. The van der Waals surface area contributed by atoms with Gasteiger partial charge in [0.15, 0.2) is 11.5 Å². The van der Waals surface area contributed by atoms with Crippen molar-refractivity contribution in [1.82, 2.24) is 0 Å². The van der Waals surface area contributed by atoms with Gasteiger partial charge in [-0.1, -0.05) is 6.07 Å². The average Bonchev–Trinajstić information content (AvgIpc) is 2.92. The highest BCUT2D eigenvalue weighted by molar-refractivity contribution is 5.44. The second kappa shape index (κ2) is 6.80. The summed E-state index contributed by atoms with van der Waals surface area (Å²) in [5.74, 6) is 1.58. The molecule has 3 heteroatoms. The monoisotopic (exact) mass is 263 g/mol. The van der Waals surface area contributed by atoms with E-state index in [2.05, 4.69) is 6.92 Å². The van der Waals surface area contributed by atoms with Crippen molar-refractivity contribution in [2.24, 2.45) is 0 Å². The molecule has 1 aliphatic rings. The Morgan fingerprint density at radius 2 is 2.00 bits per heavy atom. The Morgan fingerprint density at radius 1 is 1.26 bits per heavy atom. The van der Waals surface area contributed by atoms with Gasteiger partial charge in [0.1, 0.15) is 0 Å². The van der Waals surface area contributed by atoms with Crippen LogP contribution in [0.5, 0.6) is 11.5 Å². The Hall–Kier alpha value is -1.22. The number of rotatable bonds is 6. The molecule has 105 valence electrons. The van der Waals surface area contributed by atoms with Gasteiger partial charge in [-0.25, -0.2) is 0 Å². The van der Waals surface area contributed by atoms with Crippen LogP contribution in [0, 0.1) is 6.92 Å². The summed E-state index contributed by atoms with van der Waals surface area (Å²) in [7, 11) is 1.67. The molecular formula is C16H23O3. The zero-order valence-electron chi connectivity index (χ0n) is 11.9. The first-order chi connectivity index (χ1) is 9.24. The molecule has 0 aliphatic heterocycles. The van der Waals surface area contributed by atoms with Crippen LogP contribution in [-0.4, -0.2) is 19.8 Å². The van der Waals surface area contributed by atoms with E-state index in [0.29, 0.717) is 12.7 Å². The molecule has 0 saturated heterocycles. The van der Waals surface area contributed by atoms with Gasteiger partial charge in [-0.05, 0) is 57.2 Å². The van der Waals surface area contributed by atoms with Gasteiger partial charge in [0.05, 0.1) is 19.3 Å². The molecule has 1 atom stereocenters. The summed E-state index contributed by atoms with van der Waals surface area (Å²) in [4.78, 5) is 0. The van der Waals surface area contributed by atoms with E-state index in [1.54, 1.807) is 7.11 Å². The van der Waals surface area contributed by atoms with Crippen LogP contribution in [0.1, 0.15) is 44.3 Å². The van der Waals surface area contributed by atoms with E-state index in [1.165, 1.54) is 12.8 Å². The van der Waals surface area contributed by atoms with Crippen LogP contribution in [0.2, 0.25) is 0 Å². The zero-order valence-corrected chi connectivity index (χ0v) is 11.9. The molecule has 0 N–H and O–H groups in total. The van der Waals surface area contributed by atoms with Crippen molar-refractivity contribution in [3.8, 4) is 11.5 Å². The molecule has 1 radical (unpaired) electrons. The predicted molar refractivity (Wildman–Crippen MR) is 75.6 cm³/mol. The van der Waals surface area contributed by atoms with Crippen LogP contribution in [0.3, 0.4) is 0 Å². The van der Waals surface area contributed by atoms with Crippen LogP contribution in [0.4, 0.5) is 0 Å². The minimum Gasteiger partial charge on any atom is -0.493 e. The molecule has 1 fully saturated rings. The van der Waals surface area contributed by atoms with E-state index < -0.39 is 0 Å². The Bertz CT molecular complexity index is 397. The molecule has 2 rings (SSSR count). The molecule has 1 saturated carbocycles. The van der Waals surface area contributed by atoms with Crippen molar-refractivity contribution >= 4 is 0 Å². The zero-order chi connectivity index (χ0) is 13.7. The van der Waals surface area contributed by atoms with Gasteiger partial charge in [-0.3, -0.25) is 0 Å². The summed E-state index contributed by atoms with van der Waals surface area (Å²) < 4.78 is 16.9. The quantitative estimate of drug-likeness (QED) is 0.778. The summed E-state index contributed by atoms with van der Waals surface area (Å²) in [5.41, 5.74) is 1.02. The average molecular weight is 263 g/mol. The number of benzene rings is 1. The van der Waals surface area contributed by atoms with E-state index >= 15 is 0 Å². The molecule has 0 spiro atoms. The van der Waals surface area contributed by atoms with Gasteiger partial charge in [0.25, 0.3) is 0 Å². The van der Waals surface area contributed by atoms with Gasteiger partial charge < -0.3 is 14.2 Å². The molecule has 1 aliphatic carbocycles. The summed E-state index contributed by atoms with van der Waals surface area (Å²) in [6, 6.07) is 5.90. The minimum atomic E-state index is -0.165. The normalized spacial score (nSPS) is 17.4. The van der Waals surface area contributed by atoms with E-state index in [0.717, 1.165) is 29.9 Å². The highest BCUT2D eigenvalue weighted by atomic mass is 16.5. The van der Waals surface area contributed by atoms with Crippen LogP contribution < -0.4 is 9.47 Å². The van der Waals surface area contributed by atoms with Crippen molar-refractivity contribution in [2.45, 2.75) is 44.8 Å². The first-order valence-corrected chi connectivity index (χ1v) is 7.04. The fraction of sp³-hybridized carbons (Fsp3) is 0.562. The molecule has 19 heavy (non-hydrogen) atoms. The molecule has 1 aromatic rings. The van der Waals surface area contributed by atoms with Gasteiger partial charge in [-0.15, -0.1) is 0 Å². The maximum atomic E-state index is 6.06. The smallest absolute Gasteiger partial charge is 0.161 e. The lowest BCUT2D eigenvalue weighted by atomic mass is 10.1. The van der Waals surface area contributed by atoms with Crippen molar-refractivity contribution < 1.29 is 14.2 Å². The van der Waals surface area contributed by atoms with Crippen molar-refractivity contribution in [1.29, 1.82) is 0 Å². The third-order valence-electron chi connectivity index (χ3n) is 3.52. The second-order valence-electron chi connectivity index (χ2n) is 4.88. The molecule has 0 aromatic heterocycles. The van der Waals surface area contributed by atoms with Gasteiger partial charge in [0, 0.05) is 6.61 Å².